The molecule has 1 rings (SSSR count). The highest BCUT2D eigenvalue weighted by Gasteiger charge is 2.06. The monoisotopic (exact) mass is 276 g/mol. The lowest BCUT2D eigenvalue weighted by Gasteiger charge is -1.99. The fraction of sp³-hybridized carbons (Fsp3) is 0.667. The van der Waals surface area contributed by atoms with Crippen LogP contribution >= 0.6 is 23.1 Å². The first-order valence-electron chi connectivity index (χ1n) is 5.22. The molecule has 0 aliphatic carbocycles. The lowest BCUT2D eigenvalue weighted by molar-refractivity contribution is -0.118. The van der Waals surface area contributed by atoms with Gasteiger partial charge in [-0.15, -0.1) is 10.2 Å². The molecule has 1 aromatic rings. The van der Waals surface area contributed by atoms with Crippen molar-refractivity contribution in [3.05, 3.63) is 0 Å². The maximum atomic E-state index is 11.2. The second-order valence-corrected chi connectivity index (χ2v) is 5.23. The maximum absolute atomic E-state index is 11.2. The maximum Gasteiger partial charge on any atom is 0.230 e. The van der Waals surface area contributed by atoms with E-state index in [0.29, 0.717) is 25.4 Å². The van der Waals surface area contributed by atoms with Crippen molar-refractivity contribution in [1.82, 2.24) is 15.5 Å². The van der Waals surface area contributed by atoms with Crippen LogP contribution in [0.25, 0.3) is 0 Å². The van der Waals surface area contributed by atoms with Crippen LogP contribution in [0.3, 0.4) is 0 Å². The predicted octanol–water partition coefficient (Wildman–Crippen LogP) is 0.825. The van der Waals surface area contributed by atoms with Crippen molar-refractivity contribution in [2.75, 3.05) is 37.9 Å². The van der Waals surface area contributed by atoms with Crippen LogP contribution < -0.4 is 10.6 Å². The van der Waals surface area contributed by atoms with Crippen molar-refractivity contribution in [3.63, 3.8) is 0 Å². The molecule has 0 spiro atoms. The molecular formula is C9H16N4O2S2. The number of anilines is 1. The van der Waals surface area contributed by atoms with Crippen LogP contribution in [0.15, 0.2) is 4.34 Å². The van der Waals surface area contributed by atoms with E-state index in [1.807, 2.05) is 6.92 Å². The summed E-state index contributed by atoms with van der Waals surface area (Å²) in [7, 11) is 1.65. The van der Waals surface area contributed by atoms with E-state index >= 15 is 0 Å². The minimum atomic E-state index is 0.0154. The standard InChI is InChI=1S/C9H16N4O2S2/c1-3-10-7(14)6-16-9-13-12-8(17-9)11-4-5-15-2/h3-6H2,1-2H3,(H,10,14)(H,11,12). The summed E-state index contributed by atoms with van der Waals surface area (Å²) < 4.78 is 5.70. The molecule has 1 amide bonds. The van der Waals surface area contributed by atoms with Gasteiger partial charge in [-0.3, -0.25) is 4.79 Å². The van der Waals surface area contributed by atoms with E-state index in [4.69, 9.17) is 4.74 Å². The van der Waals surface area contributed by atoms with E-state index in [1.165, 1.54) is 23.1 Å². The molecule has 1 heterocycles. The van der Waals surface area contributed by atoms with Gasteiger partial charge in [0.15, 0.2) is 4.34 Å². The summed E-state index contributed by atoms with van der Waals surface area (Å²) in [5.74, 6) is 0.391. The first kappa shape index (κ1) is 14.2. The fourth-order valence-corrected chi connectivity index (χ4v) is 2.58. The lowest BCUT2D eigenvalue weighted by atomic mass is 10.6. The van der Waals surface area contributed by atoms with Gasteiger partial charge in [0, 0.05) is 20.2 Å². The third-order valence-electron chi connectivity index (χ3n) is 1.69. The smallest absolute Gasteiger partial charge is 0.230 e. The number of methoxy groups -OCH3 is 1. The van der Waals surface area contributed by atoms with E-state index in [0.717, 1.165) is 9.47 Å². The van der Waals surface area contributed by atoms with Crippen LogP contribution in [-0.4, -0.2) is 48.7 Å². The molecule has 0 aliphatic heterocycles. The summed E-state index contributed by atoms with van der Waals surface area (Å²) in [6, 6.07) is 0. The third-order valence-corrected chi connectivity index (χ3v) is 3.70. The molecule has 0 unspecified atom stereocenters. The molecular weight excluding hydrogens is 260 g/mol. The molecule has 0 radical (unpaired) electrons. The van der Waals surface area contributed by atoms with Gasteiger partial charge < -0.3 is 15.4 Å². The SMILES string of the molecule is CCNC(=O)CSc1nnc(NCCOC)s1. The number of rotatable bonds is 8. The molecule has 0 saturated carbocycles. The Morgan fingerprint density at radius 3 is 3.06 bits per heavy atom. The molecule has 6 nitrogen and oxygen atoms in total. The molecule has 8 heteroatoms. The van der Waals surface area contributed by atoms with Crippen molar-refractivity contribution in [2.24, 2.45) is 0 Å². The van der Waals surface area contributed by atoms with E-state index in [2.05, 4.69) is 20.8 Å². The molecule has 2 N–H and O–H groups in total. The number of aromatic nitrogens is 2. The molecule has 96 valence electrons. The second kappa shape index (κ2) is 8.26. The van der Waals surface area contributed by atoms with E-state index in [9.17, 15) is 4.79 Å². The largest absolute Gasteiger partial charge is 0.383 e. The Bertz CT molecular complexity index is 345. The number of nitrogens with zero attached hydrogens (tertiary/aromatic N) is 2. The molecule has 0 fully saturated rings. The molecule has 0 aliphatic rings. The predicted molar refractivity (Wildman–Crippen MR) is 69.7 cm³/mol. The topological polar surface area (TPSA) is 76.1 Å². The number of nitrogens with one attached hydrogen (secondary N) is 2. The Hall–Kier alpha value is -0.860. The molecule has 1 aromatic heterocycles. The normalized spacial score (nSPS) is 10.2. The Labute approximate surface area is 109 Å². The minimum absolute atomic E-state index is 0.0154. The molecule has 0 atom stereocenters. The number of amides is 1. The summed E-state index contributed by atoms with van der Waals surface area (Å²) in [5.41, 5.74) is 0. The van der Waals surface area contributed by atoms with Crippen LogP contribution in [0.5, 0.6) is 0 Å². The summed E-state index contributed by atoms with van der Waals surface area (Å²) in [5, 5.41) is 14.5. The zero-order valence-electron chi connectivity index (χ0n) is 9.86. The summed E-state index contributed by atoms with van der Waals surface area (Å²) in [6.45, 7) is 3.87. The highest BCUT2D eigenvalue weighted by molar-refractivity contribution is 8.01. The van der Waals surface area contributed by atoms with Gasteiger partial charge >= 0.3 is 0 Å². The third kappa shape index (κ3) is 5.85. The van der Waals surface area contributed by atoms with E-state index in [1.54, 1.807) is 7.11 Å². The number of hydrogen-bond acceptors (Lipinski definition) is 7. The van der Waals surface area contributed by atoms with Gasteiger partial charge in [-0.2, -0.15) is 0 Å². The fourth-order valence-electron chi connectivity index (χ4n) is 0.975. The van der Waals surface area contributed by atoms with Crippen molar-refractivity contribution in [2.45, 2.75) is 11.3 Å². The van der Waals surface area contributed by atoms with Crippen molar-refractivity contribution < 1.29 is 9.53 Å². The highest BCUT2D eigenvalue weighted by Crippen LogP contribution is 2.24. The van der Waals surface area contributed by atoms with Gasteiger partial charge in [0.1, 0.15) is 0 Å². The Kier molecular flexibility index (Phi) is 6.90. The first-order valence-corrected chi connectivity index (χ1v) is 7.02. The molecule has 0 saturated heterocycles. The number of thioether (sulfide) groups is 1. The number of ether oxygens (including phenoxy) is 1. The van der Waals surface area contributed by atoms with Gasteiger partial charge in [0.05, 0.1) is 12.4 Å². The zero-order chi connectivity index (χ0) is 12.5. The van der Waals surface area contributed by atoms with Gasteiger partial charge in [-0.1, -0.05) is 23.1 Å². The molecule has 0 aromatic carbocycles. The van der Waals surface area contributed by atoms with Gasteiger partial charge in [-0.05, 0) is 6.92 Å². The quantitative estimate of drug-likeness (QED) is 0.541. The van der Waals surface area contributed by atoms with Crippen LogP contribution in [0.2, 0.25) is 0 Å². The van der Waals surface area contributed by atoms with Crippen LogP contribution in [-0.2, 0) is 9.53 Å². The Balaban J connectivity index is 2.27. The number of hydrogen-bond donors (Lipinski definition) is 2. The van der Waals surface area contributed by atoms with Crippen molar-refractivity contribution in [3.8, 4) is 0 Å². The van der Waals surface area contributed by atoms with Crippen LogP contribution in [0.1, 0.15) is 6.92 Å². The Morgan fingerprint density at radius 2 is 2.35 bits per heavy atom. The molecule has 0 bridgehead atoms. The second-order valence-electron chi connectivity index (χ2n) is 3.03. The Morgan fingerprint density at radius 1 is 1.53 bits per heavy atom. The van der Waals surface area contributed by atoms with Gasteiger partial charge in [0.2, 0.25) is 11.0 Å². The van der Waals surface area contributed by atoms with Gasteiger partial charge in [0.25, 0.3) is 0 Å². The summed E-state index contributed by atoms with van der Waals surface area (Å²) in [6.07, 6.45) is 0. The van der Waals surface area contributed by atoms with Crippen LogP contribution in [0.4, 0.5) is 5.13 Å². The molecule has 17 heavy (non-hydrogen) atoms. The summed E-state index contributed by atoms with van der Waals surface area (Å²) >= 11 is 2.83. The van der Waals surface area contributed by atoms with E-state index in [-0.39, 0.29) is 5.91 Å². The van der Waals surface area contributed by atoms with Crippen molar-refractivity contribution in [1.29, 1.82) is 0 Å². The van der Waals surface area contributed by atoms with Crippen molar-refractivity contribution >= 4 is 34.1 Å². The highest BCUT2D eigenvalue weighted by atomic mass is 32.2. The minimum Gasteiger partial charge on any atom is -0.383 e. The first-order chi connectivity index (χ1) is 8.26. The average Bonchev–Trinajstić information content (AvgIpc) is 2.75. The number of carbonyl (C=O) groups excluding carboxylic acids is 1. The zero-order valence-corrected chi connectivity index (χ0v) is 11.5. The van der Waals surface area contributed by atoms with Crippen LogP contribution in [0, 0.1) is 0 Å². The van der Waals surface area contributed by atoms with Gasteiger partial charge in [-0.25, -0.2) is 0 Å². The summed E-state index contributed by atoms with van der Waals surface area (Å²) in [4.78, 5) is 11.2. The number of carbonyl (C=O) groups is 1. The average molecular weight is 276 g/mol. The van der Waals surface area contributed by atoms with E-state index < -0.39 is 0 Å². The lowest BCUT2D eigenvalue weighted by Crippen LogP contribution is -2.24.